The molecular weight excluding hydrogens is 405 g/mol. The van der Waals surface area contributed by atoms with Crippen LogP contribution < -0.4 is 11.2 Å². The second kappa shape index (κ2) is 7.24. The lowest BCUT2D eigenvalue weighted by Crippen LogP contribution is -2.47. The van der Waals surface area contributed by atoms with Gasteiger partial charge in [0.1, 0.15) is 10.1 Å². The Hall–Kier alpha value is -1.52. The maximum absolute atomic E-state index is 12.6. The summed E-state index contributed by atoms with van der Waals surface area (Å²) in [5, 5.41) is 13.2. The number of rotatable bonds is 4. The third-order valence-electron chi connectivity index (χ3n) is 4.32. The van der Waals surface area contributed by atoms with Crippen molar-refractivity contribution in [2.45, 2.75) is 29.0 Å². The molecule has 26 heavy (non-hydrogen) atoms. The van der Waals surface area contributed by atoms with Gasteiger partial charge in [0.2, 0.25) is 0 Å². The quantitative estimate of drug-likeness (QED) is 0.296. The first-order chi connectivity index (χ1) is 12.2. The number of urea groups is 1. The van der Waals surface area contributed by atoms with Crippen LogP contribution in [0.5, 0.6) is 5.75 Å². The van der Waals surface area contributed by atoms with Crippen molar-refractivity contribution in [2.75, 3.05) is 18.5 Å². The number of sulfone groups is 1. The summed E-state index contributed by atoms with van der Waals surface area (Å²) in [6, 6.07) is 1.37. The van der Waals surface area contributed by atoms with E-state index in [0.29, 0.717) is 17.9 Å². The maximum Gasteiger partial charge on any atom is 0.336 e. The van der Waals surface area contributed by atoms with Crippen molar-refractivity contribution in [3.63, 3.8) is 0 Å². The second-order valence-electron chi connectivity index (χ2n) is 6.00. The summed E-state index contributed by atoms with van der Waals surface area (Å²) in [5.74, 6) is 5.16. The minimum Gasteiger partial charge on any atom is -0.504 e. The van der Waals surface area contributed by atoms with Crippen molar-refractivity contribution < 1.29 is 23.1 Å². The van der Waals surface area contributed by atoms with Crippen LogP contribution in [0.4, 0.5) is 10.5 Å². The van der Waals surface area contributed by atoms with Gasteiger partial charge in [-0.1, -0.05) is 29.3 Å². The Labute approximate surface area is 160 Å². The van der Waals surface area contributed by atoms with Crippen LogP contribution in [0.3, 0.4) is 0 Å². The summed E-state index contributed by atoms with van der Waals surface area (Å²) in [5.41, 5.74) is -0.119. The summed E-state index contributed by atoms with van der Waals surface area (Å²) in [4.78, 5) is 11.9. The monoisotopic (exact) mass is 421 g/mol. The molecule has 11 heteroatoms. The molecule has 8 nitrogen and oxygen atoms in total. The van der Waals surface area contributed by atoms with Crippen LogP contribution in [0.15, 0.2) is 28.1 Å². The molecule has 1 unspecified atom stereocenters. The van der Waals surface area contributed by atoms with E-state index in [4.69, 9.17) is 33.8 Å². The van der Waals surface area contributed by atoms with Crippen molar-refractivity contribution >= 4 is 44.8 Å². The first-order valence-electron chi connectivity index (χ1n) is 7.77. The number of halogens is 2. The molecule has 0 saturated carbocycles. The van der Waals surface area contributed by atoms with Crippen LogP contribution >= 0.6 is 23.2 Å². The molecule has 1 aliphatic heterocycles. The van der Waals surface area contributed by atoms with Gasteiger partial charge in [0.15, 0.2) is 15.6 Å². The first kappa shape index (κ1) is 19.2. The van der Waals surface area contributed by atoms with Crippen molar-refractivity contribution in [2.24, 2.45) is 5.84 Å². The van der Waals surface area contributed by atoms with Crippen LogP contribution in [0.1, 0.15) is 12.8 Å². The molecule has 2 amide bonds. The average molecular weight is 422 g/mol. The molecule has 1 fully saturated rings. The maximum atomic E-state index is 12.6. The van der Waals surface area contributed by atoms with E-state index in [-0.39, 0.29) is 23.9 Å². The molecule has 1 heterocycles. The van der Waals surface area contributed by atoms with E-state index in [1.54, 1.807) is 6.08 Å². The van der Waals surface area contributed by atoms with Crippen LogP contribution in [-0.2, 0) is 14.6 Å². The number of aromatic hydroxyl groups is 1. The summed E-state index contributed by atoms with van der Waals surface area (Å²) in [6.07, 6.45) is 3.05. The molecule has 1 atom stereocenters. The predicted molar refractivity (Wildman–Crippen MR) is 96.9 cm³/mol. The number of nitrogens with two attached hydrogens (primary N) is 1. The third kappa shape index (κ3) is 3.37. The second-order valence-corrected chi connectivity index (χ2v) is 9.01. The van der Waals surface area contributed by atoms with Gasteiger partial charge < -0.3 is 15.2 Å². The van der Waals surface area contributed by atoms with E-state index in [1.807, 2.05) is 0 Å². The summed E-state index contributed by atoms with van der Waals surface area (Å²) in [6.45, 7) is 0.0512. The standard InChI is InChI=1S/C15H17Cl2N3O5S/c16-9-2-1-3-12(9)20(18)15(22)19-11-5-4-10(17)14(13(11)21)26(23,24)8-6-25-7-8/h2,4-5,8,12,21H,1,3,6-7,18H2,(H,19,22). The Morgan fingerprint density at radius 2 is 2.04 bits per heavy atom. The highest BCUT2D eigenvalue weighted by atomic mass is 35.5. The van der Waals surface area contributed by atoms with Gasteiger partial charge in [-0.15, -0.1) is 0 Å². The molecular formula is C15H17Cl2N3O5S. The molecule has 2 aliphatic rings. The molecule has 0 radical (unpaired) electrons. The fraction of sp³-hybridized carbons (Fsp3) is 0.400. The number of nitrogens with one attached hydrogen (secondary N) is 1. The van der Waals surface area contributed by atoms with E-state index >= 15 is 0 Å². The van der Waals surface area contributed by atoms with Gasteiger partial charge in [0.05, 0.1) is 30.0 Å². The first-order valence-corrected chi connectivity index (χ1v) is 10.1. The predicted octanol–water partition coefficient (Wildman–Crippen LogP) is 2.21. The summed E-state index contributed by atoms with van der Waals surface area (Å²) < 4.78 is 30.1. The van der Waals surface area contributed by atoms with Crippen LogP contribution in [-0.4, -0.2) is 49.1 Å². The molecule has 0 aromatic heterocycles. The zero-order valence-corrected chi connectivity index (χ0v) is 15.8. The number of nitrogens with zero attached hydrogens (tertiary/aromatic N) is 1. The molecule has 1 saturated heterocycles. The summed E-state index contributed by atoms with van der Waals surface area (Å²) >= 11 is 12.0. The van der Waals surface area contributed by atoms with E-state index in [2.05, 4.69) is 5.32 Å². The van der Waals surface area contributed by atoms with Crippen molar-refractivity contribution in [1.82, 2.24) is 5.01 Å². The topological polar surface area (TPSA) is 122 Å². The molecule has 3 rings (SSSR count). The number of carbonyl (C=O) groups excluding carboxylic acids is 1. The largest absolute Gasteiger partial charge is 0.504 e. The average Bonchev–Trinajstić information content (AvgIpc) is 2.92. The number of hydrogen-bond donors (Lipinski definition) is 3. The van der Waals surface area contributed by atoms with Crippen LogP contribution in [0.2, 0.25) is 5.02 Å². The van der Waals surface area contributed by atoms with Crippen LogP contribution in [0, 0.1) is 0 Å². The Bertz CT molecular complexity index is 870. The van der Waals surface area contributed by atoms with Crippen molar-refractivity contribution in [3.8, 4) is 5.75 Å². The van der Waals surface area contributed by atoms with Gasteiger partial charge in [-0.05, 0) is 25.0 Å². The Balaban J connectivity index is 1.86. The number of benzene rings is 1. The number of phenolic OH excluding ortho intramolecular Hbond substituents is 1. The van der Waals surface area contributed by atoms with E-state index < -0.39 is 37.8 Å². The Morgan fingerprint density at radius 1 is 1.35 bits per heavy atom. The Kier molecular flexibility index (Phi) is 5.36. The molecule has 1 aromatic rings. The molecule has 4 N–H and O–H groups in total. The minimum atomic E-state index is -3.90. The van der Waals surface area contributed by atoms with Gasteiger partial charge in [0.25, 0.3) is 0 Å². The molecule has 142 valence electrons. The number of allylic oxidation sites excluding steroid dienone is 1. The van der Waals surface area contributed by atoms with Gasteiger partial charge in [-0.2, -0.15) is 0 Å². The van der Waals surface area contributed by atoms with E-state index in [0.717, 1.165) is 5.01 Å². The SMILES string of the molecule is NN(C(=O)Nc1ccc(Cl)c(S(=O)(=O)C2COC2)c1O)C1CCC=C1Cl. The number of ether oxygens (including phenoxy) is 1. The molecule has 1 aromatic carbocycles. The van der Waals surface area contributed by atoms with E-state index in [1.165, 1.54) is 12.1 Å². The summed E-state index contributed by atoms with van der Waals surface area (Å²) in [7, 11) is -3.90. The fourth-order valence-electron chi connectivity index (χ4n) is 2.72. The number of amides is 2. The van der Waals surface area contributed by atoms with Crippen molar-refractivity contribution in [3.05, 3.63) is 28.3 Å². The smallest absolute Gasteiger partial charge is 0.336 e. The highest BCUT2D eigenvalue weighted by Crippen LogP contribution is 2.40. The number of hydrogen-bond acceptors (Lipinski definition) is 6. The highest BCUT2D eigenvalue weighted by Gasteiger charge is 2.38. The third-order valence-corrected chi connectivity index (χ3v) is 7.29. The van der Waals surface area contributed by atoms with Gasteiger partial charge in [-0.25, -0.2) is 19.1 Å². The zero-order valence-electron chi connectivity index (χ0n) is 13.5. The van der Waals surface area contributed by atoms with Gasteiger partial charge in [-0.3, -0.25) is 5.01 Å². The lowest BCUT2D eigenvalue weighted by molar-refractivity contribution is 0.0415. The fourth-order valence-corrected chi connectivity index (χ4v) is 5.13. The molecule has 0 spiro atoms. The van der Waals surface area contributed by atoms with Gasteiger partial charge in [0, 0.05) is 5.03 Å². The van der Waals surface area contributed by atoms with Crippen LogP contribution in [0.25, 0.3) is 0 Å². The Morgan fingerprint density at radius 3 is 2.58 bits per heavy atom. The lowest BCUT2D eigenvalue weighted by atomic mass is 10.2. The lowest BCUT2D eigenvalue weighted by Gasteiger charge is -2.27. The zero-order chi connectivity index (χ0) is 19.1. The number of anilines is 1. The number of hydrazine groups is 1. The van der Waals surface area contributed by atoms with Crippen molar-refractivity contribution in [1.29, 1.82) is 0 Å². The molecule has 0 bridgehead atoms. The molecule has 1 aliphatic carbocycles. The van der Waals surface area contributed by atoms with E-state index in [9.17, 15) is 18.3 Å². The number of carbonyl (C=O) groups is 1. The van der Waals surface area contributed by atoms with Gasteiger partial charge >= 0.3 is 6.03 Å². The normalized spacial score (nSPS) is 20.4. The minimum absolute atomic E-state index is 0.0256. The number of phenols is 1. The highest BCUT2D eigenvalue weighted by molar-refractivity contribution is 7.92.